The Morgan fingerprint density at radius 3 is 2.43 bits per heavy atom. The van der Waals surface area contributed by atoms with Gasteiger partial charge < -0.3 is 4.90 Å². The summed E-state index contributed by atoms with van der Waals surface area (Å²) in [6, 6.07) is 15.6. The minimum absolute atomic E-state index is 0.0496. The Morgan fingerprint density at radius 1 is 1.09 bits per heavy atom. The van der Waals surface area contributed by atoms with Crippen LogP contribution in [0.15, 0.2) is 59.5 Å². The molecule has 0 bridgehead atoms. The van der Waals surface area contributed by atoms with Gasteiger partial charge >= 0.3 is 0 Å². The molecule has 4 nitrogen and oxygen atoms in total. The highest BCUT2D eigenvalue weighted by Gasteiger charge is 2.30. The van der Waals surface area contributed by atoms with E-state index in [-0.39, 0.29) is 11.7 Å². The second-order valence-electron chi connectivity index (χ2n) is 5.92. The minimum atomic E-state index is -3.40. The van der Waals surface area contributed by atoms with Crippen molar-refractivity contribution in [2.45, 2.75) is 29.5 Å². The molecule has 23 heavy (non-hydrogen) atoms. The van der Waals surface area contributed by atoms with Gasteiger partial charge in [-0.25, -0.2) is 8.42 Å². The minimum Gasteiger partial charge on any atom is -0.339 e. The van der Waals surface area contributed by atoms with Gasteiger partial charge in [-0.3, -0.25) is 4.79 Å². The van der Waals surface area contributed by atoms with Crippen molar-refractivity contribution in [2.75, 3.05) is 7.05 Å². The first-order valence-electron chi connectivity index (χ1n) is 7.61. The lowest BCUT2D eigenvalue weighted by Crippen LogP contribution is -2.28. The molecule has 0 N–H and O–H groups in total. The summed E-state index contributed by atoms with van der Waals surface area (Å²) >= 11 is 0. The monoisotopic (exact) mass is 329 g/mol. The maximum atomic E-state index is 12.4. The molecule has 120 valence electrons. The zero-order chi connectivity index (χ0) is 16.4. The first kappa shape index (κ1) is 15.7. The second-order valence-corrected chi connectivity index (χ2v) is 7.91. The summed E-state index contributed by atoms with van der Waals surface area (Å²) in [5, 5.41) is 0. The predicted molar refractivity (Wildman–Crippen MR) is 88.9 cm³/mol. The Morgan fingerprint density at radius 2 is 1.78 bits per heavy atom. The molecule has 0 spiro atoms. The van der Waals surface area contributed by atoms with Gasteiger partial charge in [0.1, 0.15) is 0 Å². The van der Waals surface area contributed by atoms with Crippen LogP contribution in [0.5, 0.6) is 0 Å². The molecule has 3 rings (SSSR count). The number of benzene rings is 2. The number of sulfone groups is 1. The topological polar surface area (TPSA) is 54.5 Å². The molecule has 0 radical (unpaired) electrons. The van der Waals surface area contributed by atoms with Gasteiger partial charge in [0.25, 0.3) is 5.91 Å². The van der Waals surface area contributed by atoms with Crippen molar-refractivity contribution >= 4 is 15.7 Å². The van der Waals surface area contributed by atoms with E-state index in [4.69, 9.17) is 0 Å². The normalized spacial score (nSPS) is 14.5. The summed E-state index contributed by atoms with van der Waals surface area (Å²) in [6.45, 7) is 0. The van der Waals surface area contributed by atoms with Crippen LogP contribution in [0.3, 0.4) is 0 Å². The number of nitrogens with zero attached hydrogens (tertiary/aromatic N) is 1. The Kier molecular flexibility index (Phi) is 4.22. The van der Waals surface area contributed by atoms with Crippen molar-refractivity contribution in [1.82, 2.24) is 4.90 Å². The van der Waals surface area contributed by atoms with Gasteiger partial charge in [-0.15, -0.1) is 0 Å². The van der Waals surface area contributed by atoms with E-state index in [1.165, 1.54) is 0 Å². The third kappa shape index (κ3) is 3.62. The number of carbonyl (C=O) groups excluding carboxylic acids is 1. The molecular weight excluding hydrogens is 310 g/mol. The SMILES string of the molecule is CN(C(=O)c1cccc(CS(=O)(=O)c2ccccc2)c1)C1CC1. The summed E-state index contributed by atoms with van der Waals surface area (Å²) in [6.07, 6.45) is 2.09. The molecule has 0 unspecified atom stereocenters. The molecule has 2 aromatic rings. The van der Waals surface area contributed by atoms with Gasteiger partial charge in [-0.2, -0.15) is 0 Å². The average molecular weight is 329 g/mol. The van der Waals surface area contributed by atoms with Crippen LogP contribution in [-0.4, -0.2) is 32.3 Å². The van der Waals surface area contributed by atoms with E-state index in [0.717, 1.165) is 12.8 Å². The van der Waals surface area contributed by atoms with Gasteiger partial charge in [0.05, 0.1) is 10.6 Å². The molecule has 1 saturated carbocycles. The lowest BCUT2D eigenvalue weighted by molar-refractivity contribution is 0.0785. The summed E-state index contributed by atoms with van der Waals surface area (Å²) < 4.78 is 24.9. The Bertz CT molecular complexity index is 811. The fourth-order valence-electron chi connectivity index (χ4n) is 2.56. The summed E-state index contributed by atoms with van der Waals surface area (Å²) in [5.41, 5.74) is 1.17. The molecule has 1 aliphatic rings. The van der Waals surface area contributed by atoms with Crippen molar-refractivity contribution in [2.24, 2.45) is 0 Å². The van der Waals surface area contributed by atoms with E-state index in [1.54, 1.807) is 66.5 Å². The first-order valence-corrected chi connectivity index (χ1v) is 9.26. The van der Waals surface area contributed by atoms with E-state index >= 15 is 0 Å². The molecule has 0 atom stereocenters. The summed E-state index contributed by atoms with van der Waals surface area (Å²) in [5.74, 6) is -0.155. The first-order chi connectivity index (χ1) is 11.0. The standard InChI is InChI=1S/C18H19NO3S/c1-19(16-10-11-16)18(20)15-7-5-6-14(12-15)13-23(21,22)17-8-3-2-4-9-17/h2-9,12,16H,10-11,13H2,1H3. The molecule has 5 heteroatoms. The van der Waals surface area contributed by atoms with Crippen LogP contribution in [0.25, 0.3) is 0 Å². The summed E-state index contributed by atoms with van der Waals surface area (Å²) in [7, 11) is -1.61. The lowest BCUT2D eigenvalue weighted by Gasteiger charge is -2.16. The van der Waals surface area contributed by atoms with Crippen LogP contribution >= 0.6 is 0 Å². The molecular formula is C18H19NO3S. The number of carbonyl (C=O) groups is 1. The van der Waals surface area contributed by atoms with Crippen molar-refractivity contribution in [1.29, 1.82) is 0 Å². The van der Waals surface area contributed by atoms with Crippen LogP contribution in [0.2, 0.25) is 0 Å². The van der Waals surface area contributed by atoms with Crippen molar-refractivity contribution in [3.05, 3.63) is 65.7 Å². The number of amides is 1. The predicted octanol–water partition coefficient (Wildman–Crippen LogP) is 2.89. The highest BCUT2D eigenvalue weighted by atomic mass is 32.2. The van der Waals surface area contributed by atoms with Crippen LogP contribution in [0.4, 0.5) is 0 Å². The van der Waals surface area contributed by atoms with E-state index in [9.17, 15) is 13.2 Å². The Hall–Kier alpha value is -2.14. The quantitative estimate of drug-likeness (QED) is 0.847. The fraction of sp³-hybridized carbons (Fsp3) is 0.278. The van der Waals surface area contributed by atoms with E-state index in [0.29, 0.717) is 22.1 Å². The van der Waals surface area contributed by atoms with Crippen LogP contribution < -0.4 is 0 Å². The second kappa shape index (κ2) is 6.16. The third-order valence-corrected chi connectivity index (χ3v) is 5.75. The highest BCUT2D eigenvalue weighted by Crippen LogP contribution is 2.27. The van der Waals surface area contributed by atoms with Crippen LogP contribution in [0, 0.1) is 0 Å². The average Bonchev–Trinajstić information content (AvgIpc) is 3.39. The van der Waals surface area contributed by atoms with Gasteiger partial charge in [0.2, 0.25) is 0 Å². The molecule has 0 heterocycles. The number of hydrogen-bond donors (Lipinski definition) is 0. The van der Waals surface area contributed by atoms with Crippen molar-refractivity contribution < 1.29 is 13.2 Å². The van der Waals surface area contributed by atoms with Gasteiger partial charge in [0.15, 0.2) is 9.84 Å². The van der Waals surface area contributed by atoms with Gasteiger partial charge in [-0.1, -0.05) is 30.3 Å². The zero-order valence-electron chi connectivity index (χ0n) is 13.0. The van der Waals surface area contributed by atoms with Crippen LogP contribution in [0.1, 0.15) is 28.8 Å². The largest absolute Gasteiger partial charge is 0.339 e. The van der Waals surface area contributed by atoms with Crippen molar-refractivity contribution in [3.8, 4) is 0 Å². The maximum Gasteiger partial charge on any atom is 0.253 e. The molecule has 1 fully saturated rings. The Labute approximate surface area is 136 Å². The molecule has 1 aliphatic carbocycles. The summed E-state index contributed by atoms with van der Waals surface area (Å²) in [4.78, 5) is 14.4. The van der Waals surface area contributed by atoms with Crippen LogP contribution in [-0.2, 0) is 15.6 Å². The zero-order valence-corrected chi connectivity index (χ0v) is 13.8. The Balaban J connectivity index is 1.81. The van der Waals surface area contributed by atoms with Gasteiger partial charge in [0, 0.05) is 18.7 Å². The maximum absolute atomic E-state index is 12.4. The van der Waals surface area contributed by atoms with Gasteiger partial charge in [-0.05, 0) is 42.7 Å². The van der Waals surface area contributed by atoms with Crippen molar-refractivity contribution in [3.63, 3.8) is 0 Å². The highest BCUT2D eigenvalue weighted by molar-refractivity contribution is 7.90. The smallest absolute Gasteiger partial charge is 0.253 e. The van der Waals surface area contributed by atoms with E-state index in [2.05, 4.69) is 0 Å². The fourth-order valence-corrected chi connectivity index (χ4v) is 3.91. The molecule has 1 amide bonds. The number of hydrogen-bond acceptors (Lipinski definition) is 3. The number of rotatable bonds is 5. The molecule has 0 aromatic heterocycles. The third-order valence-electron chi connectivity index (χ3n) is 4.05. The molecule has 2 aromatic carbocycles. The van der Waals surface area contributed by atoms with E-state index in [1.807, 2.05) is 0 Å². The van der Waals surface area contributed by atoms with E-state index < -0.39 is 9.84 Å². The lowest BCUT2D eigenvalue weighted by atomic mass is 10.1. The molecule has 0 saturated heterocycles. The molecule has 0 aliphatic heterocycles.